The van der Waals surface area contributed by atoms with Gasteiger partial charge in [0.2, 0.25) is 0 Å². The van der Waals surface area contributed by atoms with Gasteiger partial charge in [0.1, 0.15) is 12.1 Å². The average molecular weight is 461 g/mol. The number of alkyl halides is 3. The Bertz CT molecular complexity index is 1090. The molecule has 10 heteroatoms. The van der Waals surface area contributed by atoms with Crippen LogP contribution >= 0.6 is 11.6 Å². The number of nitrogens with zero attached hydrogens (tertiary/aromatic N) is 3. The van der Waals surface area contributed by atoms with Crippen molar-refractivity contribution in [1.29, 1.82) is 0 Å². The number of aromatic nitrogens is 2. The van der Waals surface area contributed by atoms with Crippen molar-refractivity contribution in [2.24, 2.45) is 0 Å². The fraction of sp³-hybridized carbons (Fsp3) is 0.227. The topological polar surface area (TPSA) is 87.6 Å². The SMILES string of the molecule is O=C(Nc1ccc(OC(F)(F)Cl)cc1)c1ccc(N2CC[C@@H](O)C2)c(-c2cncnc2)c1. The van der Waals surface area contributed by atoms with Crippen LogP contribution in [0.3, 0.4) is 0 Å². The molecule has 0 radical (unpaired) electrons. The van der Waals surface area contributed by atoms with Crippen molar-refractivity contribution < 1.29 is 23.4 Å². The molecule has 1 aromatic heterocycles. The van der Waals surface area contributed by atoms with Crippen molar-refractivity contribution in [2.75, 3.05) is 23.3 Å². The lowest BCUT2D eigenvalue weighted by molar-refractivity contribution is -0.0964. The number of amides is 1. The van der Waals surface area contributed by atoms with E-state index in [1.807, 2.05) is 6.07 Å². The van der Waals surface area contributed by atoms with E-state index in [9.17, 15) is 18.7 Å². The predicted molar refractivity (Wildman–Crippen MR) is 116 cm³/mol. The molecule has 1 saturated heterocycles. The van der Waals surface area contributed by atoms with E-state index in [0.29, 0.717) is 30.8 Å². The fourth-order valence-electron chi connectivity index (χ4n) is 3.53. The van der Waals surface area contributed by atoms with E-state index in [0.717, 1.165) is 16.8 Å². The molecule has 32 heavy (non-hydrogen) atoms. The van der Waals surface area contributed by atoms with Crippen LogP contribution in [0.2, 0.25) is 0 Å². The van der Waals surface area contributed by atoms with Gasteiger partial charge >= 0.3 is 5.57 Å². The summed E-state index contributed by atoms with van der Waals surface area (Å²) >= 11 is 4.75. The summed E-state index contributed by atoms with van der Waals surface area (Å²) < 4.78 is 29.7. The maximum atomic E-state index is 12.8. The third-order valence-corrected chi connectivity index (χ3v) is 5.06. The molecule has 1 fully saturated rings. The molecule has 2 N–H and O–H groups in total. The lowest BCUT2D eigenvalue weighted by Gasteiger charge is -2.22. The van der Waals surface area contributed by atoms with Gasteiger partial charge in [0.25, 0.3) is 5.91 Å². The summed E-state index contributed by atoms with van der Waals surface area (Å²) in [4.78, 5) is 23.0. The van der Waals surface area contributed by atoms with Crippen LogP contribution in [0.4, 0.5) is 20.2 Å². The predicted octanol–water partition coefficient (Wildman–Crippen LogP) is 4.13. The summed E-state index contributed by atoms with van der Waals surface area (Å²) in [6, 6.07) is 10.7. The van der Waals surface area contributed by atoms with Crippen LogP contribution in [0.25, 0.3) is 11.1 Å². The Balaban J connectivity index is 1.57. The second-order valence-electron chi connectivity index (χ2n) is 7.27. The summed E-state index contributed by atoms with van der Waals surface area (Å²) in [6.07, 6.45) is 5.01. The van der Waals surface area contributed by atoms with E-state index in [4.69, 9.17) is 11.6 Å². The van der Waals surface area contributed by atoms with Crippen molar-refractivity contribution in [2.45, 2.75) is 18.1 Å². The van der Waals surface area contributed by atoms with Gasteiger partial charge in [-0.25, -0.2) is 9.97 Å². The van der Waals surface area contributed by atoms with Crippen molar-refractivity contribution >= 4 is 28.9 Å². The molecule has 2 heterocycles. The van der Waals surface area contributed by atoms with Gasteiger partial charge in [0, 0.05) is 65.1 Å². The third kappa shape index (κ3) is 5.30. The summed E-state index contributed by atoms with van der Waals surface area (Å²) in [7, 11) is 0. The number of halogens is 3. The zero-order valence-electron chi connectivity index (χ0n) is 16.7. The minimum atomic E-state index is -3.81. The number of rotatable bonds is 6. The highest BCUT2D eigenvalue weighted by Gasteiger charge is 2.27. The number of hydrogen-bond acceptors (Lipinski definition) is 6. The molecule has 7 nitrogen and oxygen atoms in total. The number of carbonyl (C=O) groups excluding carboxylic acids is 1. The molecule has 1 atom stereocenters. The molecule has 1 aliphatic heterocycles. The Hall–Kier alpha value is -3.30. The number of ether oxygens (including phenoxy) is 1. The maximum absolute atomic E-state index is 12.8. The maximum Gasteiger partial charge on any atom is 0.487 e. The van der Waals surface area contributed by atoms with E-state index >= 15 is 0 Å². The second kappa shape index (κ2) is 9.05. The van der Waals surface area contributed by atoms with Gasteiger partial charge in [-0.15, -0.1) is 8.78 Å². The molecular weight excluding hydrogens is 442 g/mol. The molecule has 1 amide bonds. The molecule has 1 aliphatic rings. The Kier molecular flexibility index (Phi) is 6.20. The summed E-state index contributed by atoms with van der Waals surface area (Å²) in [6.45, 7) is 1.20. The summed E-state index contributed by atoms with van der Waals surface area (Å²) in [5.41, 5.74) is -0.648. The first-order valence-electron chi connectivity index (χ1n) is 9.78. The van der Waals surface area contributed by atoms with Crippen molar-refractivity contribution in [1.82, 2.24) is 9.97 Å². The van der Waals surface area contributed by atoms with E-state index in [-0.39, 0.29) is 11.7 Å². The van der Waals surface area contributed by atoms with Gasteiger partial charge in [-0.3, -0.25) is 4.79 Å². The van der Waals surface area contributed by atoms with Gasteiger partial charge in [-0.2, -0.15) is 0 Å². The van der Waals surface area contributed by atoms with E-state index in [1.165, 1.54) is 30.6 Å². The zero-order valence-corrected chi connectivity index (χ0v) is 17.5. The lowest BCUT2D eigenvalue weighted by Crippen LogP contribution is -2.22. The average Bonchev–Trinajstić information content (AvgIpc) is 3.20. The molecule has 4 rings (SSSR count). The molecule has 3 aromatic rings. The second-order valence-corrected chi connectivity index (χ2v) is 7.71. The monoisotopic (exact) mass is 460 g/mol. The van der Waals surface area contributed by atoms with Crippen LogP contribution in [0, 0.1) is 0 Å². The molecule has 0 unspecified atom stereocenters. The van der Waals surface area contributed by atoms with E-state index < -0.39 is 11.7 Å². The standard InChI is InChI=1S/C22H19ClF2N4O3/c23-22(24,25)32-18-4-2-16(3-5-18)28-21(31)14-1-6-20(29-8-7-17(30)12-29)19(9-14)15-10-26-13-27-11-15/h1-6,9-11,13,17,30H,7-8,12H2,(H,28,31)/t17-/m1/s1. The van der Waals surface area contributed by atoms with Crippen LogP contribution in [0.15, 0.2) is 61.2 Å². The summed E-state index contributed by atoms with van der Waals surface area (Å²) in [5.74, 6) is -0.515. The number of β-amino-alcohol motifs (C(OH)–C–C–N with tert-alkyl or cyclic N) is 1. The minimum absolute atomic E-state index is 0.133. The molecule has 0 aliphatic carbocycles. The van der Waals surface area contributed by atoms with Gasteiger partial charge in [-0.1, -0.05) is 0 Å². The molecule has 0 saturated carbocycles. The molecular formula is C22H19ClF2N4O3. The van der Waals surface area contributed by atoms with Crippen molar-refractivity contribution in [3.63, 3.8) is 0 Å². The minimum Gasteiger partial charge on any atom is -0.420 e. The zero-order chi connectivity index (χ0) is 22.7. The largest absolute Gasteiger partial charge is 0.487 e. The van der Waals surface area contributed by atoms with Gasteiger partial charge in [-0.05, 0) is 48.9 Å². The van der Waals surface area contributed by atoms with Crippen LogP contribution < -0.4 is 15.0 Å². The Morgan fingerprint density at radius 1 is 1.19 bits per heavy atom. The highest BCUT2D eigenvalue weighted by atomic mass is 35.5. The molecule has 0 bridgehead atoms. The fourth-order valence-corrected chi connectivity index (χ4v) is 3.62. The number of aliphatic hydroxyl groups excluding tert-OH is 1. The number of nitrogens with one attached hydrogen (secondary N) is 1. The molecule has 0 spiro atoms. The number of carbonyl (C=O) groups is 1. The highest BCUT2D eigenvalue weighted by Crippen LogP contribution is 2.33. The number of aliphatic hydroxyl groups is 1. The van der Waals surface area contributed by atoms with Crippen molar-refractivity contribution in [3.8, 4) is 16.9 Å². The van der Waals surface area contributed by atoms with Crippen LogP contribution in [0.5, 0.6) is 5.75 Å². The number of anilines is 2. The normalized spacial score (nSPS) is 16.1. The first-order valence-corrected chi connectivity index (χ1v) is 10.2. The van der Waals surface area contributed by atoms with E-state index in [2.05, 4.69) is 24.9 Å². The highest BCUT2D eigenvalue weighted by molar-refractivity contribution is 6.20. The third-order valence-electron chi connectivity index (χ3n) is 4.98. The Morgan fingerprint density at radius 2 is 1.91 bits per heavy atom. The first-order chi connectivity index (χ1) is 15.3. The Labute approximate surface area is 187 Å². The molecule has 2 aromatic carbocycles. The van der Waals surface area contributed by atoms with Crippen LogP contribution in [-0.2, 0) is 0 Å². The number of benzene rings is 2. The number of hydrogen-bond donors (Lipinski definition) is 2. The first kappa shape index (κ1) is 21.9. The van der Waals surface area contributed by atoms with Crippen LogP contribution in [0.1, 0.15) is 16.8 Å². The summed E-state index contributed by atoms with van der Waals surface area (Å²) in [5, 5.41) is 12.6. The van der Waals surface area contributed by atoms with Crippen molar-refractivity contribution in [3.05, 3.63) is 66.7 Å². The van der Waals surface area contributed by atoms with Gasteiger partial charge < -0.3 is 20.1 Å². The van der Waals surface area contributed by atoms with E-state index in [1.54, 1.807) is 24.5 Å². The Morgan fingerprint density at radius 3 is 2.53 bits per heavy atom. The van der Waals surface area contributed by atoms with Gasteiger partial charge in [0.05, 0.1) is 6.10 Å². The lowest BCUT2D eigenvalue weighted by atomic mass is 10.0. The quantitative estimate of drug-likeness (QED) is 0.538. The molecule has 166 valence electrons. The smallest absolute Gasteiger partial charge is 0.420 e. The van der Waals surface area contributed by atoms with Gasteiger partial charge in [0.15, 0.2) is 0 Å². The van der Waals surface area contributed by atoms with Crippen LogP contribution in [-0.4, -0.2) is 45.7 Å².